The van der Waals surface area contributed by atoms with E-state index in [9.17, 15) is 5.11 Å². The van der Waals surface area contributed by atoms with Gasteiger partial charge in [-0.2, -0.15) is 0 Å². The van der Waals surface area contributed by atoms with Crippen molar-refractivity contribution in [2.45, 2.75) is 63.1 Å². The number of benzene rings is 1. The highest BCUT2D eigenvalue weighted by molar-refractivity contribution is 5.13. The Morgan fingerprint density at radius 2 is 1.82 bits per heavy atom. The fourth-order valence-electron chi connectivity index (χ4n) is 3.41. The first-order chi connectivity index (χ1) is 10.6. The lowest BCUT2D eigenvalue weighted by atomic mass is 9.83. The molecular formula is C18H26O4. The molecule has 0 radical (unpaired) electrons. The standard InChI is InChI=1S/C18H26O4/c1-17(19)9-5-6-10-18(21-11-12-22-18)13-16(17)20-14-15-7-3-2-4-8-15/h2-4,7-8,16,19H,5-6,9-14H2,1H3. The minimum atomic E-state index is -0.850. The number of aliphatic hydroxyl groups is 1. The van der Waals surface area contributed by atoms with Crippen molar-refractivity contribution in [2.75, 3.05) is 13.2 Å². The average Bonchev–Trinajstić information content (AvgIpc) is 2.97. The van der Waals surface area contributed by atoms with E-state index >= 15 is 0 Å². The smallest absolute Gasteiger partial charge is 0.171 e. The molecule has 1 N–H and O–H groups in total. The van der Waals surface area contributed by atoms with Gasteiger partial charge in [0.05, 0.1) is 31.5 Å². The van der Waals surface area contributed by atoms with Gasteiger partial charge < -0.3 is 19.3 Å². The van der Waals surface area contributed by atoms with Crippen LogP contribution in [0.15, 0.2) is 30.3 Å². The van der Waals surface area contributed by atoms with Gasteiger partial charge in [0.2, 0.25) is 0 Å². The van der Waals surface area contributed by atoms with Gasteiger partial charge in [-0.3, -0.25) is 0 Å². The molecule has 0 aromatic heterocycles. The molecule has 2 fully saturated rings. The molecule has 4 nitrogen and oxygen atoms in total. The van der Waals surface area contributed by atoms with Crippen LogP contribution in [0.4, 0.5) is 0 Å². The molecule has 122 valence electrons. The molecule has 2 aliphatic rings. The summed E-state index contributed by atoms with van der Waals surface area (Å²) >= 11 is 0. The second kappa shape index (κ2) is 6.67. The predicted octanol–water partition coefficient (Wildman–Crippen LogP) is 3.03. The van der Waals surface area contributed by atoms with Crippen molar-refractivity contribution in [1.29, 1.82) is 0 Å². The van der Waals surface area contributed by atoms with Crippen LogP contribution in [-0.2, 0) is 20.8 Å². The molecule has 0 bridgehead atoms. The summed E-state index contributed by atoms with van der Waals surface area (Å²) in [5, 5.41) is 10.8. The molecule has 0 amide bonds. The molecule has 1 heterocycles. The van der Waals surface area contributed by atoms with E-state index in [0.717, 1.165) is 31.2 Å². The SMILES string of the molecule is CC1(O)CCCCC2(CC1OCc1ccccc1)OCCO2. The van der Waals surface area contributed by atoms with Crippen molar-refractivity contribution in [3.63, 3.8) is 0 Å². The molecule has 1 aromatic carbocycles. The highest BCUT2D eigenvalue weighted by Crippen LogP contribution is 2.38. The summed E-state index contributed by atoms with van der Waals surface area (Å²) in [6, 6.07) is 10.1. The Labute approximate surface area is 132 Å². The van der Waals surface area contributed by atoms with E-state index in [1.54, 1.807) is 0 Å². The third kappa shape index (κ3) is 3.69. The Bertz CT molecular complexity index is 465. The molecular weight excluding hydrogens is 280 g/mol. The monoisotopic (exact) mass is 306 g/mol. The Hall–Kier alpha value is -0.940. The van der Waals surface area contributed by atoms with Crippen molar-refractivity contribution in [3.8, 4) is 0 Å². The zero-order chi connectivity index (χ0) is 15.5. The third-order valence-electron chi connectivity index (χ3n) is 4.79. The van der Waals surface area contributed by atoms with Gasteiger partial charge in [0, 0.05) is 12.8 Å². The second-order valence-electron chi connectivity index (χ2n) is 6.66. The second-order valence-corrected chi connectivity index (χ2v) is 6.66. The van der Waals surface area contributed by atoms with E-state index in [1.165, 1.54) is 0 Å². The third-order valence-corrected chi connectivity index (χ3v) is 4.79. The molecule has 2 atom stereocenters. The van der Waals surface area contributed by atoms with Crippen LogP contribution >= 0.6 is 0 Å². The van der Waals surface area contributed by atoms with Crippen molar-refractivity contribution >= 4 is 0 Å². The molecule has 1 aromatic rings. The first-order valence-corrected chi connectivity index (χ1v) is 8.26. The summed E-state index contributed by atoms with van der Waals surface area (Å²) in [6.45, 7) is 3.63. The molecule has 3 rings (SSSR count). The lowest BCUT2D eigenvalue weighted by molar-refractivity contribution is -0.219. The maximum Gasteiger partial charge on any atom is 0.171 e. The van der Waals surface area contributed by atoms with Gasteiger partial charge in [0.1, 0.15) is 0 Å². The van der Waals surface area contributed by atoms with Crippen LogP contribution in [0.5, 0.6) is 0 Å². The molecule has 1 aliphatic carbocycles. The molecule has 22 heavy (non-hydrogen) atoms. The van der Waals surface area contributed by atoms with Gasteiger partial charge >= 0.3 is 0 Å². The largest absolute Gasteiger partial charge is 0.387 e. The van der Waals surface area contributed by atoms with E-state index in [0.29, 0.717) is 26.2 Å². The molecule has 4 heteroatoms. The van der Waals surface area contributed by atoms with Crippen LogP contribution in [-0.4, -0.2) is 35.8 Å². The van der Waals surface area contributed by atoms with Crippen LogP contribution in [0.1, 0.15) is 44.6 Å². The fourth-order valence-corrected chi connectivity index (χ4v) is 3.41. The minimum Gasteiger partial charge on any atom is -0.387 e. The maximum atomic E-state index is 10.8. The first-order valence-electron chi connectivity index (χ1n) is 8.26. The van der Waals surface area contributed by atoms with E-state index in [2.05, 4.69) is 0 Å². The van der Waals surface area contributed by atoms with Crippen LogP contribution in [0.3, 0.4) is 0 Å². The number of rotatable bonds is 3. The zero-order valence-corrected chi connectivity index (χ0v) is 13.3. The highest BCUT2D eigenvalue weighted by atomic mass is 16.7. The van der Waals surface area contributed by atoms with Gasteiger partial charge in [-0.1, -0.05) is 36.8 Å². The fraction of sp³-hybridized carbons (Fsp3) is 0.667. The van der Waals surface area contributed by atoms with Crippen LogP contribution in [0.25, 0.3) is 0 Å². The molecule has 1 spiro atoms. The van der Waals surface area contributed by atoms with E-state index < -0.39 is 11.4 Å². The summed E-state index contributed by atoms with van der Waals surface area (Å²) in [4.78, 5) is 0. The first kappa shape index (κ1) is 15.9. The van der Waals surface area contributed by atoms with Gasteiger partial charge in [-0.05, 0) is 25.3 Å². The number of ether oxygens (including phenoxy) is 3. The molecule has 1 aliphatic heterocycles. The van der Waals surface area contributed by atoms with Crippen molar-refractivity contribution in [1.82, 2.24) is 0 Å². The Balaban J connectivity index is 1.71. The quantitative estimate of drug-likeness (QED) is 0.932. The van der Waals surface area contributed by atoms with Crippen molar-refractivity contribution in [2.24, 2.45) is 0 Å². The lowest BCUT2D eigenvalue weighted by Gasteiger charge is -2.40. The minimum absolute atomic E-state index is 0.286. The Morgan fingerprint density at radius 1 is 1.14 bits per heavy atom. The summed E-state index contributed by atoms with van der Waals surface area (Å²) in [6.07, 6.45) is 3.92. The van der Waals surface area contributed by atoms with Crippen molar-refractivity contribution < 1.29 is 19.3 Å². The van der Waals surface area contributed by atoms with E-state index in [1.807, 2.05) is 37.3 Å². The number of hydrogen-bond donors (Lipinski definition) is 1. The maximum absolute atomic E-state index is 10.8. The van der Waals surface area contributed by atoms with Crippen molar-refractivity contribution in [3.05, 3.63) is 35.9 Å². The van der Waals surface area contributed by atoms with E-state index in [4.69, 9.17) is 14.2 Å². The summed E-state index contributed by atoms with van der Waals surface area (Å²) in [5.41, 5.74) is 0.264. The summed E-state index contributed by atoms with van der Waals surface area (Å²) in [7, 11) is 0. The van der Waals surface area contributed by atoms with Crippen LogP contribution in [0, 0.1) is 0 Å². The normalized spacial score (nSPS) is 31.8. The average molecular weight is 306 g/mol. The van der Waals surface area contributed by atoms with Gasteiger partial charge in [-0.25, -0.2) is 0 Å². The Kier molecular flexibility index (Phi) is 4.83. The molecule has 1 saturated carbocycles. The van der Waals surface area contributed by atoms with Crippen LogP contribution < -0.4 is 0 Å². The molecule has 2 unspecified atom stereocenters. The zero-order valence-electron chi connectivity index (χ0n) is 13.3. The Morgan fingerprint density at radius 3 is 2.55 bits per heavy atom. The summed E-state index contributed by atoms with van der Waals surface area (Å²) in [5.74, 6) is -0.564. The topological polar surface area (TPSA) is 47.9 Å². The van der Waals surface area contributed by atoms with Gasteiger partial charge in [0.15, 0.2) is 5.79 Å². The van der Waals surface area contributed by atoms with Gasteiger partial charge in [-0.15, -0.1) is 0 Å². The summed E-state index contributed by atoms with van der Waals surface area (Å²) < 4.78 is 17.9. The number of hydrogen-bond acceptors (Lipinski definition) is 4. The highest BCUT2D eigenvalue weighted by Gasteiger charge is 2.45. The predicted molar refractivity (Wildman–Crippen MR) is 83.4 cm³/mol. The van der Waals surface area contributed by atoms with Gasteiger partial charge in [0.25, 0.3) is 0 Å². The van der Waals surface area contributed by atoms with Crippen LogP contribution in [0.2, 0.25) is 0 Å². The van der Waals surface area contributed by atoms with E-state index in [-0.39, 0.29) is 6.10 Å². The molecule has 1 saturated heterocycles. The lowest BCUT2D eigenvalue weighted by Crippen LogP contribution is -2.48.